The molecule has 1 N–H and O–H groups in total. The number of carbonyl (C=O) groups excluding carboxylic acids is 2. The molecule has 182 valence electrons. The molecule has 9 heteroatoms. The van der Waals surface area contributed by atoms with Gasteiger partial charge in [0.2, 0.25) is 0 Å². The van der Waals surface area contributed by atoms with E-state index < -0.39 is 5.92 Å². The van der Waals surface area contributed by atoms with Gasteiger partial charge in [0.15, 0.2) is 5.65 Å². The van der Waals surface area contributed by atoms with Gasteiger partial charge in [0.1, 0.15) is 5.82 Å². The van der Waals surface area contributed by atoms with E-state index >= 15 is 0 Å². The van der Waals surface area contributed by atoms with Crippen LogP contribution in [0.2, 0.25) is 0 Å². The maximum Gasteiger partial charge on any atom is 0.254 e. The third kappa shape index (κ3) is 4.75. The highest BCUT2D eigenvalue weighted by molar-refractivity contribution is 6.07. The summed E-state index contributed by atoms with van der Waals surface area (Å²) in [7, 11) is 4.24. The molecule has 0 saturated carbocycles. The Kier molecular flexibility index (Phi) is 6.84. The zero-order chi connectivity index (χ0) is 24.6. The Balaban J connectivity index is 1.61. The Morgan fingerprint density at radius 1 is 1.24 bits per heavy atom. The lowest BCUT2D eigenvalue weighted by Gasteiger charge is -2.36. The second kappa shape index (κ2) is 9.66. The SMILES string of the molecule is CC1=CC(C)=NC(=O)C1CNC(=O)c1cc(N2CCC(N(C)C)CC2)nc2c1cnn2C(C)C. The second-order valence-electron chi connectivity index (χ2n) is 9.87. The molecule has 4 rings (SSSR count). The van der Waals surface area contributed by atoms with Crippen molar-refractivity contribution in [1.82, 2.24) is 25.0 Å². The average Bonchev–Trinajstić information content (AvgIpc) is 3.22. The van der Waals surface area contributed by atoms with E-state index in [2.05, 4.69) is 53.2 Å². The maximum atomic E-state index is 13.4. The van der Waals surface area contributed by atoms with Gasteiger partial charge >= 0.3 is 0 Å². The number of allylic oxidation sites excluding steroid dienone is 1. The largest absolute Gasteiger partial charge is 0.356 e. The van der Waals surface area contributed by atoms with Crippen molar-refractivity contribution < 1.29 is 9.59 Å². The number of aliphatic imine (C=N–C) groups is 1. The van der Waals surface area contributed by atoms with Crippen LogP contribution in [0.25, 0.3) is 11.0 Å². The molecule has 1 fully saturated rings. The fourth-order valence-electron chi connectivity index (χ4n) is 4.79. The fourth-order valence-corrected chi connectivity index (χ4v) is 4.79. The van der Waals surface area contributed by atoms with Crippen molar-refractivity contribution in [1.29, 1.82) is 0 Å². The second-order valence-corrected chi connectivity index (χ2v) is 9.87. The first-order valence-corrected chi connectivity index (χ1v) is 12.0. The standard InChI is InChI=1S/C25H35N7O2/c1-15(2)32-23-21(14-27-32)19(12-22(29-23)31-9-7-18(8-10-31)30(5)6)24(33)26-13-20-16(3)11-17(4)28-25(20)34/h11-12,14-15,18,20H,7-10,13H2,1-6H3,(H,26,33). The minimum absolute atomic E-state index is 0.115. The Morgan fingerprint density at radius 3 is 2.56 bits per heavy atom. The lowest BCUT2D eigenvalue weighted by molar-refractivity contribution is -0.120. The van der Waals surface area contributed by atoms with Gasteiger partial charge in [-0.05, 0) is 66.8 Å². The van der Waals surface area contributed by atoms with Crippen LogP contribution in [0, 0.1) is 5.92 Å². The van der Waals surface area contributed by atoms with Crippen LogP contribution in [0.15, 0.2) is 28.9 Å². The average molecular weight is 466 g/mol. The summed E-state index contributed by atoms with van der Waals surface area (Å²) in [5.74, 6) is -0.0861. The minimum Gasteiger partial charge on any atom is -0.356 e. The van der Waals surface area contributed by atoms with Gasteiger partial charge < -0.3 is 15.1 Å². The number of amides is 2. The van der Waals surface area contributed by atoms with Gasteiger partial charge in [0.25, 0.3) is 11.8 Å². The summed E-state index contributed by atoms with van der Waals surface area (Å²) in [6, 6.07) is 2.54. The van der Waals surface area contributed by atoms with Crippen molar-refractivity contribution in [3.05, 3.63) is 29.5 Å². The van der Waals surface area contributed by atoms with E-state index in [0.717, 1.165) is 37.3 Å². The van der Waals surface area contributed by atoms with E-state index in [0.29, 0.717) is 28.4 Å². The molecule has 1 unspecified atom stereocenters. The monoisotopic (exact) mass is 465 g/mol. The van der Waals surface area contributed by atoms with Crippen LogP contribution in [-0.4, -0.2) is 77.0 Å². The topological polar surface area (TPSA) is 95.7 Å². The number of nitrogens with zero attached hydrogens (tertiary/aromatic N) is 6. The van der Waals surface area contributed by atoms with Crippen LogP contribution in [0.4, 0.5) is 5.82 Å². The summed E-state index contributed by atoms with van der Waals surface area (Å²) in [5.41, 5.74) is 2.85. The summed E-state index contributed by atoms with van der Waals surface area (Å²) >= 11 is 0. The summed E-state index contributed by atoms with van der Waals surface area (Å²) in [4.78, 5) is 39.2. The van der Waals surface area contributed by atoms with E-state index in [-0.39, 0.29) is 24.4 Å². The molecular weight excluding hydrogens is 430 g/mol. The van der Waals surface area contributed by atoms with Crippen molar-refractivity contribution >= 4 is 34.4 Å². The van der Waals surface area contributed by atoms with Crippen molar-refractivity contribution in [2.45, 2.75) is 52.6 Å². The van der Waals surface area contributed by atoms with Gasteiger partial charge in [0, 0.05) is 37.4 Å². The number of piperidine rings is 1. The number of nitrogens with one attached hydrogen (secondary N) is 1. The third-order valence-electron chi connectivity index (χ3n) is 6.84. The normalized spacial score (nSPS) is 19.7. The van der Waals surface area contributed by atoms with E-state index in [9.17, 15) is 9.59 Å². The first-order chi connectivity index (χ1) is 16.2. The highest BCUT2D eigenvalue weighted by atomic mass is 16.2. The van der Waals surface area contributed by atoms with Gasteiger partial charge in [-0.15, -0.1) is 0 Å². The molecule has 4 heterocycles. The number of fused-ring (bicyclic) bond motifs is 1. The van der Waals surface area contributed by atoms with Crippen LogP contribution >= 0.6 is 0 Å². The molecule has 9 nitrogen and oxygen atoms in total. The number of carbonyl (C=O) groups is 2. The predicted octanol–water partition coefficient (Wildman–Crippen LogP) is 2.84. The Morgan fingerprint density at radius 2 is 1.94 bits per heavy atom. The molecule has 0 aromatic carbocycles. The summed E-state index contributed by atoms with van der Waals surface area (Å²) in [6.45, 7) is 9.79. The van der Waals surface area contributed by atoms with Crippen molar-refractivity contribution in [2.75, 3.05) is 38.6 Å². The van der Waals surface area contributed by atoms with Crippen LogP contribution in [0.3, 0.4) is 0 Å². The highest BCUT2D eigenvalue weighted by Crippen LogP contribution is 2.27. The molecule has 0 bridgehead atoms. The zero-order valence-electron chi connectivity index (χ0n) is 21.0. The third-order valence-corrected chi connectivity index (χ3v) is 6.84. The van der Waals surface area contributed by atoms with Crippen LogP contribution < -0.4 is 10.2 Å². The highest BCUT2D eigenvalue weighted by Gasteiger charge is 2.27. The van der Waals surface area contributed by atoms with Gasteiger partial charge in [-0.25, -0.2) is 14.7 Å². The molecule has 1 saturated heterocycles. The first kappa shape index (κ1) is 24.1. The zero-order valence-corrected chi connectivity index (χ0v) is 21.0. The number of rotatable bonds is 6. The van der Waals surface area contributed by atoms with Crippen LogP contribution in [0.1, 0.15) is 56.9 Å². The van der Waals surface area contributed by atoms with Gasteiger partial charge in [-0.3, -0.25) is 9.59 Å². The summed E-state index contributed by atoms with van der Waals surface area (Å²) in [6.07, 6.45) is 5.70. The summed E-state index contributed by atoms with van der Waals surface area (Å²) < 4.78 is 1.86. The number of hydrogen-bond donors (Lipinski definition) is 1. The molecule has 1 atom stereocenters. The molecule has 2 aromatic rings. The number of anilines is 1. The summed E-state index contributed by atoms with van der Waals surface area (Å²) in [5, 5.41) is 8.19. The van der Waals surface area contributed by atoms with Gasteiger partial charge in [-0.2, -0.15) is 5.10 Å². The van der Waals surface area contributed by atoms with Crippen molar-refractivity contribution in [2.24, 2.45) is 10.9 Å². The molecule has 0 spiro atoms. The van der Waals surface area contributed by atoms with Crippen molar-refractivity contribution in [3.63, 3.8) is 0 Å². The molecule has 2 amide bonds. The quantitative estimate of drug-likeness (QED) is 0.705. The lowest BCUT2D eigenvalue weighted by Crippen LogP contribution is -2.42. The molecule has 34 heavy (non-hydrogen) atoms. The Labute approximate surface area is 200 Å². The van der Waals surface area contributed by atoms with Gasteiger partial charge in [-0.1, -0.05) is 5.57 Å². The number of aromatic nitrogens is 3. The van der Waals surface area contributed by atoms with Gasteiger partial charge in [0.05, 0.1) is 23.1 Å². The van der Waals surface area contributed by atoms with Crippen LogP contribution in [-0.2, 0) is 4.79 Å². The molecule has 2 aliphatic rings. The molecule has 2 aromatic heterocycles. The number of dihydropyridines is 1. The molecular formula is C25H35N7O2. The predicted molar refractivity (Wildman–Crippen MR) is 135 cm³/mol. The smallest absolute Gasteiger partial charge is 0.254 e. The van der Waals surface area contributed by atoms with Crippen molar-refractivity contribution in [3.8, 4) is 0 Å². The fraction of sp³-hybridized carbons (Fsp3) is 0.560. The first-order valence-electron chi connectivity index (χ1n) is 12.0. The van der Waals surface area contributed by atoms with E-state index in [1.807, 2.05) is 23.7 Å². The minimum atomic E-state index is -0.437. The Hall–Kier alpha value is -3.07. The lowest BCUT2D eigenvalue weighted by atomic mass is 9.95. The van der Waals surface area contributed by atoms with E-state index in [1.54, 1.807) is 13.1 Å². The van der Waals surface area contributed by atoms with E-state index in [1.165, 1.54) is 0 Å². The molecule has 0 radical (unpaired) electrons. The molecule has 0 aliphatic carbocycles. The van der Waals surface area contributed by atoms with E-state index in [4.69, 9.17) is 4.98 Å². The number of pyridine rings is 1. The maximum absolute atomic E-state index is 13.4. The Bertz CT molecular complexity index is 1150. The molecule has 2 aliphatic heterocycles. The number of hydrogen-bond acceptors (Lipinski definition) is 6. The van der Waals surface area contributed by atoms with Crippen LogP contribution in [0.5, 0.6) is 0 Å².